The molecular formula is C32H34ClN3O7. The average Bonchev–Trinajstić information content (AvgIpc) is 3.78. The van der Waals surface area contributed by atoms with Crippen LogP contribution in [0.25, 0.3) is 33.3 Å². The number of benzene rings is 3. The van der Waals surface area contributed by atoms with Crippen molar-refractivity contribution in [2.45, 2.75) is 55.6 Å². The molecule has 0 bridgehead atoms. The number of hydrogen-bond donors (Lipinski definition) is 6. The van der Waals surface area contributed by atoms with Crippen LogP contribution in [0.5, 0.6) is 6.01 Å². The van der Waals surface area contributed by atoms with Crippen LogP contribution < -0.4 is 10.1 Å². The lowest BCUT2D eigenvalue weighted by atomic mass is 9.99. The van der Waals surface area contributed by atoms with Gasteiger partial charge in [-0.25, -0.2) is 0 Å². The van der Waals surface area contributed by atoms with Crippen molar-refractivity contribution < 1.29 is 34.6 Å². The van der Waals surface area contributed by atoms with Crippen molar-refractivity contribution in [2.24, 2.45) is 5.92 Å². The maximum Gasteiger partial charge on any atom is 0.295 e. The number of aromatic nitrogens is 2. The summed E-state index contributed by atoms with van der Waals surface area (Å²) in [7, 11) is 0. The van der Waals surface area contributed by atoms with E-state index in [0.29, 0.717) is 30.6 Å². The molecule has 2 aliphatic heterocycles. The predicted molar refractivity (Wildman–Crippen MR) is 160 cm³/mol. The number of nitrogens with one attached hydrogen (secondary N) is 2. The fraction of sp³-hybridized carbons (Fsp3) is 0.406. The molecule has 8 atom stereocenters. The van der Waals surface area contributed by atoms with E-state index in [-0.39, 0.29) is 43.5 Å². The first-order valence-electron chi connectivity index (χ1n) is 14.6. The molecule has 6 N–H and O–H groups in total. The summed E-state index contributed by atoms with van der Waals surface area (Å²) in [6.07, 6.45) is -2.95. The van der Waals surface area contributed by atoms with E-state index in [4.69, 9.17) is 25.8 Å². The monoisotopic (exact) mass is 607 g/mol. The Bertz CT molecular complexity index is 1580. The van der Waals surface area contributed by atoms with Gasteiger partial charge in [0.05, 0.1) is 41.5 Å². The van der Waals surface area contributed by atoms with Gasteiger partial charge in [-0.1, -0.05) is 60.1 Å². The molecule has 3 aliphatic rings. The van der Waals surface area contributed by atoms with Gasteiger partial charge < -0.3 is 44.9 Å². The van der Waals surface area contributed by atoms with Crippen LogP contribution in [0.1, 0.15) is 12.0 Å². The number of rotatable bonds is 8. The topological polar surface area (TPSA) is 149 Å². The highest BCUT2D eigenvalue weighted by Gasteiger charge is 2.48. The smallest absolute Gasteiger partial charge is 0.295 e. The summed E-state index contributed by atoms with van der Waals surface area (Å²) < 4.78 is 17.3. The largest absolute Gasteiger partial charge is 0.456 e. The van der Waals surface area contributed by atoms with Gasteiger partial charge in [0.25, 0.3) is 6.01 Å². The lowest BCUT2D eigenvalue weighted by molar-refractivity contribution is -0.000337. The Morgan fingerprint density at radius 3 is 2.33 bits per heavy atom. The standard InChI is InChI=1S/C32H34ClN3O7/c33-22-11-24-23(35-32(36-24)43-27-15-42-30-26(38)14-41-31(27)30)10-21(22)19-7-5-18(6-8-19)17-3-1-16(2-4-17)12-34-25-9-20(13-37)28(39)29(25)40/h1-8,10-11,20,25-31,34,37-40H,9,12-15H2,(H,35,36)/t20-,25-,26-,27-,28-,29+,30-,31-/m1/s1. The number of aliphatic hydroxyl groups is 4. The van der Waals surface area contributed by atoms with Crippen LogP contribution >= 0.6 is 11.6 Å². The van der Waals surface area contributed by atoms with E-state index in [1.54, 1.807) is 0 Å². The molecule has 2 saturated heterocycles. The van der Waals surface area contributed by atoms with E-state index in [1.807, 2.05) is 36.4 Å². The van der Waals surface area contributed by atoms with Gasteiger partial charge in [-0.2, -0.15) is 4.98 Å². The third-order valence-corrected chi connectivity index (χ3v) is 9.19. The lowest BCUT2D eigenvalue weighted by Gasteiger charge is -2.18. The second-order valence-corrected chi connectivity index (χ2v) is 12.0. The van der Waals surface area contributed by atoms with Crippen LogP contribution in [-0.4, -0.2) is 92.9 Å². The van der Waals surface area contributed by atoms with Crippen LogP contribution in [0.2, 0.25) is 5.02 Å². The van der Waals surface area contributed by atoms with Crippen molar-refractivity contribution in [1.82, 2.24) is 15.3 Å². The van der Waals surface area contributed by atoms with Crippen LogP contribution in [-0.2, 0) is 16.0 Å². The molecule has 43 heavy (non-hydrogen) atoms. The van der Waals surface area contributed by atoms with Gasteiger partial charge in [-0.05, 0) is 40.8 Å². The predicted octanol–water partition coefficient (Wildman–Crippen LogP) is 2.65. The van der Waals surface area contributed by atoms with Crippen molar-refractivity contribution in [1.29, 1.82) is 0 Å². The van der Waals surface area contributed by atoms with Crippen LogP contribution in [0.3, 0.4) is 0 Å². The van der Waals surface area contributed by atoms with Gasteiger partial charge in [0.2, 0.25) is 0 Å². The summed E-state index contributed by atoms with van der Waals surface area (Å²) in [6, 6.07) is 20.2. The summed E-state index contributed by atoms with van der Waals surface area (Å²) in [5.41, 5.74) is 6.48. The van der Waals surface area contributed by atoms with Crippen molar-refractivity contribution in [3.8, 4) is 28.3 Å². The Hall–Kier alpha value is -3.06. The molecule has 1 aliphatic carbocycles. The van der Waals surface area contributed by atoms with Crippen molar-refractivity contribution in [2.75, 3.05) is 19.8 Å². The van der Waals surface area contributed by atoms with E-state index in [9.17, 15) is 20.4 Å². The fourth-order valence-corrected chi connectivity index (χ4v) is 6.66. The van der Waals surface area contributed by atoms with E-state index >= 15 is 0 Å². The Kier molecular flexibility index (Phi) is 7.87. The molecule has 1 aromatic heterocycles. The first kappa shape index (κ1) is 28.7. The van der Waals surface area contributed by atoms with Crippen molar-refractivity contribution in [3.05, 3.63) is 71.2 Å². The summed E-state index contributed by atoms with van der Waals surface area (Å²) in [5.74, 6) is -0.301. The molecule has 0 radical (unpaired) electrons. The zero-order valence-corrected chi connectivity index (χ0v) is 24.0. The van der Waals surface area contributed by atoms with Crippen molar-refractivity contribution in [3.63, 3.8) is 0 Å². The van der Waals surface area contributed by atoms with Crippen LogP contribution in [0.4, 0.5) is 0 Å². The molecule has 3 aromatic carbocycles. The summed E-state index contributed by atoms with van der Waals surface area (Å²) in [4.78, 5) is 7.79. The molecule has 7 rings (SSSR count). The molecule has 0 amide bonds. The molecule has 4 aromatic rings. The van der Waals surface area contributed by atoms with E-state index in [0.717, 1.165) is 38.9 Å². The minimum Gasteiger partial charge on any atom is -0.456 e. The number of fused-ring (bicyclic) bond motifs is 2. The molecule has 10 nitrogen and oxygen atoms in total. The molecule has 1 saturated carbocycles. The van der Waals surface area contributed by atoms with Gasteiger partial charge in [0, 0.05) is 30.7 Å². The fourth-order valence-electron chi connectivity index (χ4n) is 6.39. The highest BCUT2D eigenvalue weighted by Crippen LogP contribution is 2.35. The van der Waals surface area contributed by atoms with E-state index < -0.39 is 18.3 Å². The molecular weight excluding hydrogens is 574 g/mol. The second kappa shape index (κ2) is 11.8. The van der Waals surface area contributed by atoms with Gasteiger partial charge >= 0.3 is 0 Å². The molecule has 0 spiro atoms. The Balaban J connectivity index is 1.01. The lowest BCUT2D eigenvalue weighted by Crippen LogP contribution is -2.39. The third-order valence-electron chi connectivity index (χ3n) is 8.88. The molecule has 3 fully saturated rings. The number of hydrogen-bond acceptors (Lipinski definition) is 9. The van der Waals surface area contributed by atoms with E-state index in [2.05, 4.69) is 39.6 Å². The molecule has 226 valence electrons. The SMILES string of the molecule is OC[C@H]1C[C@@H](NCc2ccc(-c3ccc(-c4cc5nc(O[C@@H]6CO[C@H]7[C@@H]6OC[C@H]7O)[nH]c5cc4Cl)cc3)cc2)[C@H](O)[C@@H]1O. The zero-order chi connectivity index (χ0) is 29.7. The quantitative estimate of drug-likeness (QED) is 0.178. The summed E-state index contributed by atoms with van der Waals surface area (Å²) >= 11 is 6.69. The third kappa shape index (κ3) is 5.54. The molecule has 3 heterocycles. The molecule has 11 heteroatoms. The maximum atomic E-state index is 10.2. The maximum absolute atomic E-state index is 10.2. The summed E-state index contributed by atoms with van der Waals surface area (Å²) in [5, 5.41) is 43.5. The average molecular weight is 608 g/mol. The number of aliphatic hydroxyl groups excluding tert-OH is 4. The Labute approximate surface area is 253 Å². The first-order valence-corrected chi connectivity index (χ1v) is 14.9. The van der Waals surface area contributed by atoms with Gasteiger partial charge in [0.1, 0.15) is 18.3 Å². The second-order valence-electron chi connectivity index (χ2n) is 11.6. The van der Waals surface area contributed by atoms with Gasteiger partial charge in [-0.15, -0.1) is 0 Å². The Morgan fingerprint density at radius 2 is 1.60 bits per heavy atom. The number of nitrogens with zero attached hydrogens (tertiary/aromatic N) is 1. The number of H-pyrrole nitrogens is 1. The van der Waals surface area contributed by atoms with Crippen molar-refractivity contribution >= 4 is 22.6 Å². The minimum atomic E-state index is -0.903. The summed E-state index contributed by atoms with van der Waals surface area (Å²) in [6.45, 7) is 0.980. The minimum absolute atomic E-state index is 0.135. The number of ether oxygens (including phenoxy) is 3. The number of imidazole rings is 1. The number of halogens is 1. The Morgan fingerprint density at radius 1 is 0.907 bits per heavy atom. The highest BCUT2D eigenvalue weighted by molar-refractivity contribution is 6.34. The number of aromatic amines is 1. The van der Waals surface area contributed by atoms with Gasteiger partial charge in [-0.3, -0.25) is 0 Å². The normalized spacial score (nSPS) is 30.3. The first-order chi connectivity index (χ1) is 20.9. The van der Waals surface area contributed by atoms with Gasteiger partial charge in [0.15, 0.2) is 6.10 Å². The highest BCUT2D eigenvalue weighted by atomic mass is 35.5. The zero-order valence-electron chi connectivity index (χ0n) is 23.3. The molecule has 0 unspecified atom stereocenters. The van der Waals surface area contributed by atoms with Crippen LogP contribution in [0, 0.1) is 5.92 Å². The van der Waals surface area contributed by atoms with E-state index in [1.165, 1.54) is 0 Å². The van der Waals surface area contributed by atoms with Crippen LogP contribution in [0.15, 0.2) is 60.7 Å².